The Morgan fingerprint density at radius 1 is 1.24 bits per heavy atom. The van der Waals surface area contributed by atoms with Crippen LogP contribution in [0.5, 0.6) is 0 Å². The SMILES string of the molecule is O=C(O)CCCCC(=O)c1ccc(F)c(Cl)c1. The van der Waals surface area contributed by atoms with Crippen molar-refractivity contribution in [1.82, 2.24) is 0 Å². The molecule has 3 nitrogen and oxygen atoms in total. The van der Waals surface area contributed by atoms with Crippen LogP contribution in [0.15, 0.2) is 18.2 Å². The third-order valence-corrected chi connectivity index (χ3v) is 2.58. The van der Waals surface area contributed by atoms with Gasteiger partial charge in [0.25, 0.3) is 0 Å². The molecular weight excluding hydrogens is 247 g/mol. The van der Waals surface area contributed by atoms with E-state index >= 15 is 0 Å². The van der Waals surface area contributed by atoms with E-state index in [1.165, 1.54) is 12.1 Å². The normalized spacial score (nSPS) is 10.2. The second-order valence-electron chi connectivity index (χ2n) is 3.65. The largest absolute Gasteiger partial charge is 0.481 e. The fourth-order valence-corrected chi connectivity index (χ4v) is 1.56. The van der Waals surface area contributed by atoms with Crippen LogP contribution in [0.4, 0.5) is 4.39 Å². The zero-order valence-electron chi connectivity index (χ0n) is 9.08. The van der Waals surface area contributed by atoms with Crippen LogP contribution in [0.3, 0.4) is 0 Å². The molecule has 5 heteroatoms. The molecule has 0 spiro atoms. The van der Waals surface area contributed by atoms with Gasteiger partial charge < -0.3 is 5.11 Å². The van der Waals surface area contributed by atoms with Crippen LogP contribution in [0.25, 0.3) is 0 Å². The summed E-state index contributed by atoms with van der Waals surface area (Å²) in [6, 6.07) is 3.81. The lowest BCUT2D eigenvalue weighted by molar-refractivity contribution is -0.137. The Morgan fingerprint density at radius 2 is 1.88 bits per heavy atom. The van der Waals surface area contributed by atoms with Gasteiger partial charge in [0.15, 0.2) is 5.78 Å². The molecule has 1 aromatic rings. The molecule has 0 aliphatic carbocycles. The van der Waals surface area contributed by atoms with Crippen LogP contribution < -0.4 is 0 Å². The van der Waals surface area contributed by atoms with Gasteiger partial charge in [0, 0.05) is 18.4 Å². The van der Waals surface area contributed by atoms with E-state index in [2.05, 4.69) is 0 Å². The van der Waals surface area contributed by atoms with Gasteiger partial charge in [-0.1, -0.05) is 11.6 Å². The number of benzene rings is 1. The van der Waals surface area contributed by atoms with Gasteiger partial charge in [-0.15, -0.1) is 0 Å². The topological polar surface area (TPSA) is 54.4 Å². The molecule has 1 rings (SSSR count). The molecule has 1 aromatic carbocycles. The molecular formula is C12H12ClFO3. The molecule has 92 valence electrons. The zero-order chi connectivity index (χ0) is 12.8. The number of carboxylic acid groups (broad SMARTS) is 1. The van der Waals surface area contributed by atoms with Crippen LogP contribution in [0.1, 0.15) is 36.0 Å². The van der Waals surface area contributed by atoms with Crippen molar-refractivity contribution < 1.29 is 19.1 Å². The number of ketones is 1. The number of hydrogen-bond acceptors (Lipinski definition) is 2. The Labute approximate surface area is 103 Å². The molecule has 0 fully saturated rings. The van der Waals surface area contributed by atoms with Crippen LogP contribution >= 0.6 is 11.6 Å². The standard InChI is InChI=1S/C12H12ClFO3/c13-9-7-8(5-6-10(9)14)11(15)3-1-2-4-12(16)17/h5-7H,1-4H2,(H,16,17). The second kappa shape index (κ2) is 6.35. The van der Waals surface area contributed by atoms with Gasteiger partial charge in [-0.05, 0) is 31.0 Å². The van der Waals surface area contributed by atoms with Crippen LogP contribution in [0, 0.1) is 5.82 Å². The quantitative estimate of drug-likeness (QED) is 0.629. The number of rotatable bonds is 6. The Kier molecular flexibility index (Phi) is 5.10. The zero-order valence-corrected chi connectivity index (χ0v) is 9.84. The fourth-order valence-electron chi connectivity index (χ4n) is 1.38. The van der Waals surface area contributed by atoms with Crippen LogP contribution in [0.2, 0.25) is 5.02 Å². The molecule has 17 heavy (non-hydrogen) atoms. The van der Waals surface area contributed by atoms with E-state index in [-0.39, 0.29) is 23.6 Å². The summed E-state index contributed by atoms with van der Waals surface area (Å²) in [4.78, 5) is 21.9. The van der Waals surface area contributed by atoms with Crippen molar-refractivity contribution in [2.75, 3.05) is 0 Å². The number of carbonyl (C=O) groups is 2. The Balaban J connectivity index is 2.47. The minimum atomic E-state index is -0.873. The second-order valence-corrected chi connectivity index (χ2v) is 4.06. The summed E-state index contributed by atoms with van der Waals surface area (Å²) < 4.78 is 12.8. The van der Waals surface area contributed by atoms with Crippen molar-refractivity contribution in [1.29, 1.82) is 0 Å². The van der Waals surface area contributed by atoms with Crippen LogP contribution in [-0.2, 0) is 4.79 Å². The van der Waals surface area contributed by atoms with Crippen LogP contribution in [-0.4, -0.2) is 16.9 Å². The monoisotopic (exact) mass is 258 g/mol. The predicted octanol–water partition coefficient (Wildman–Crippen LogP) is 3.31. The molecule has 0 saturated carbocycles. The minimum absolute atomic E-state index is 0.0530. The van der Waals surface area contributed by atoms with Gasteiger partial charge in [0.1, 0.15) is 5.82 Å². The molecule has 1 N–H and O–H groups in total. The maximum Gasteiger partial charge on any atom is 0.303 e. The summed E-state index contributed by atoms with van der Waals surface area (Å²) in [5, 5.41) is 8.34. The molecule has 0 aliphatic heterocycles. The molecule has 0 atom stereocenters. The summed E-state index contributed by atoms with van der Waals surface area (Å²) in [7, 11) is 0. The lowest BCUT2D eigenvalue weighted by Crippen LogP contribution is -2.01. The van der Waals surface area contributed by atoms with Gasteiger partial charge >= 0.3 is 5.97 Å². The maximum absolute atomic E-state index is 12.8. The minimum Gasteiger partial charge on any atom is -0.481 e. The highest BCUT2D eigenvalue weighted by molar-refractivity contribution is 6.31. The third kappa shape index (κ3) is 4.53. The molecule has 0 amide bonds. The van der Waals surface area contributed by atoms with Crippen molar-refractivity contribution in [2.45, 2.75) is 25.7 Å². The highest BCUT2D eigenvalue weighted by Gasteiger charge is 2.09. The first-order valence-electron chi connectivity index (χ1n) is 5.20. The number of carboxylic acids is 1. The first kappa shape index (κ1) is 13.6. The van der Waals surface area contributed by atoms with Crippen molar-refractivity contribution in [2.24, 2.45) is 0 Å². The molecule has 0 bridgehead atoms. The average Bonchev–Trinajstić information content (AvgIpc) is 2.27. The summed E-state index contributed by atoms with van der Waals surface area (Å²) in [6.07, 6.45) is 1.25. The van der Waals surface area contributed by atoms with E-state index in [1.54, 1.807) is 0 Å². The third-order valence-electron chi connectivity index (χ3n) is 2.29. The molecule has 0 radical (unpaired) electrons. The van der Waals surface area contributed by atoms with E-state index in [0.29, 0.717) is 18.4 Å². The fraction of sp³-hybridized carbons (Fsp3) is 0.333. The van der Waals surface area contributed by atoms with E-state index in [0.717, 1.165) is 6.07 Å². The molecule has 0 heterocycles. The predicted molar refractivity (Wildman–Crippen MR) is 61.8 cm³/mol. The Morgan fingerprint density at radius 3 is 2.47 bits per heavy atom. The average molecular weight is 259 g/mol. The van der Waals surface area contributed by atoms with Gasteiger partial charge in [0.2, 0.25) is 0 Å². The summed E-state index contributed by atoms with van der Waals surface area (Å²) in [6.45, 7) is 0. The Bertz CT molecular complexity index is 432. The number of aliphatic carboxylic acids is 1. The van der Waals surface area contributed by atoms with E-state index in [1.807, 2.05) is 0 Å². The van der Waals surface area contributed by atoms with E-state index < -0.39 is 11.8 Å². The maximum atomic E-state index is 12.8. The summed E-state index contributed by atoms with van der Waals surface area (Å²) >= 11 is 5.56. The number of Topliss-reactive ketones (excluding diaryl/α,β-unsaturated/α-hetero) is 1. The molecule has 0 aliphatic rings. The van der Waals surface area contributed by atoms with Crippen molar-refractivity contribution in [3.8, 4) is 0 Å². The van der Waals surface area contributed by atoms with Crippen molar-refractivity contribution >= 4 is 23.4 Å². The van der Waals surface area contributed by atoms with Gasteiger partial charge in [-0.3, -0.25) is 9.59 Å². The van der Waals surface area contributed by atoms with Crippen molar-refractivity contribution in [3.63, 3.8) is 0 Å². The van der Waals surface area contributed by atoms with Gasteiger partial charge in [-0.2, -0.15) is 0 Å². The highest BCUT2D eigenvalue weighted by Crippen LogP contribution is 2.17. The molecule has 0 aromatic heterocycles. The lowest BCUT2D eigenvalue weighted by Gasteiger charge is -2.01. The van der Waals surface area contributed by atoms with Gasteiger partial charge in [-0.25, -0.2) is 4.39 Å². The molecule has 0 saturated heterocycles. The molecule has 0 unspecified atom stereocenters. The summed E-state index contributed by atoms with van der Waals surface area (Å²) in [5.41, 5.74) is 0.353. The Hall–Kier alpha value is -1.42. The van der Waals surface area contributed by atoms with Crippen molar-refractivity contribution in [3.05, 3.63) is 34.6 Å². The number of unbranched alkanes of at least 4 members (excludes halogenated alkanes) is 1. The number of halogens is 2. The van der Waals surface area contributed by atoms with E-state index in [9.17, 15) is 14.0 Å². The first-order chi connectivity index (χ1) is 8.00. The smallest absolute Gasteiger partial charge is 0.303 e. The van der Waals surface area contributed by atoms with Gasteiger partial charge in [0.05, 0.1) is 5.02 Å². The first-order valence-corrected chi connectivity index (χ1v) is 5.58. The number of hydrogen-bond donors (Lipinski definition) is 1. The summed E-state index contributed by atoms with van der Waals surface area (Å²) in [5.74, 6) is -1.59. The number of carbonyl (C=O) groups excluding carboxylic acids is 1. The van der Waals surface area contributed by atoms with E-state index in [4.69, 9.17) is 16.7 Å². The highest BCUT2D eigenvalue weighted by atomic mass is 35.5. The lowest BCUT2D eigenvalue weighted by atomic mass is 10.0.